The molecule has 174 valence electrons. The van der Waals surface area contributed by atoms with Crippen LogP contribution in [-0.4, -0.2) is 66.3 Å². The van der Waals surface area contributed by atoms with Gasteiger partial charge in [-0.2, -0.15) is 5.10 Å². The Morgan fingerprint density at radius 2 is 2.09 bits per heavy atom. The maximum Gasteiger partial charge on any atom is 0.275 e. The molecule has 0 aliphatic carbocycles. The number of amides is 1. The number of hydrogen-bond acceptors (Lipinski definition) is 6. The van der Waals surface area contributed by atoms with Crippen molar-refractivity contribution < 1.29 is 4.79 Å². The number of pyridine rings is 1. The van der Waals surface area contributed by atoms with Crippen molar-refractivity contribution in [3.63, 3.8) is 0 Å². The Balaban J connectivity index is 1.32. The van der Waals surface area contributed by atoms with Crippen molar-refractivity contribution in [3.8, 4) is 5.82 Å². The average molecular weight is 459 g/mol. The smallest absolute Gasteiger partial charge is 0.275 e. The number of anilines is 1. The molecule has 4 aromatic heterocycles. The summed E-state index contributed by atoms with van der Waals surface area (Å²) in [7, 11) is 1.84. The Hall–Kier alpha value is -4.21. The van der Waals surface area contributed by atoms with Crippen LogP contribution in [0.1, 0.15) is 23.2 Å². The van der Waals surface area contributed by atoms with Gasteiger partial charge in [0, 0.05) is 69.0 Å². The lowest BCUT2D eigenvalue weighted by molar-refractivity contribution is 0.0710. The summed E-state index contributed by atoms with van der Waals surface area (Å²) in [5, 5.41) is 4.88. The number of nitrogens with one attached hydrogen (secondary N) is 1. The van der Waals surface area contributed by atoms with Crippen LogP contribution < -0.4 is 10.5 Å². The third-order valence-electron chi connectivity index (χ3n) is 6.39. The van der Waals surface area contributed by atoms with Gasteiger partial charge in [-0.05, 0) is 25.0 Å². The van der Waals surface area contributed by atoms with E-state index in [-0.39, 0.29) is 17.5 Å². The molecule has 0 spiro atoms. The molecule has 1 amide bonds. The molecule has 4 aromatic rings. The number of H-pyrrole nitrogens is 1. The number of rotatable bonds is 6. The lowest BCUT2D eigenvalue weighted by Crippen LogP contribution is -2.46. The van der Waals surface area contributed by atoms with E-state index in [1.165, 1.54) is 4.57 Å². The fraction of sp³-hybridized carbons (Fsp3) is 0.292. The van der Waals surface area contributed by atoms with E-state index in [4.69, 9.17) is 0 Å². The molecule has 5 rings (SSSR count). The van der Waals surface area contributed by atoms with Gasteiger partial charge in [-0.15, -0.1) is 6.58 Å². The SMILES string of the molecule is C=CCn1cc(C(=O)N(C)C2CCN(c3cc(-n4cccn4)ncn3)CC2)c2cc[nH]c2c1=O. The molecule has 1 fully saturated rings. The Morgan fingerprint density at radius 1 is 1.29 bits per heavy atom. The van der Waals surface area contributed by atoms with Gasteiger partial charge in [0.2, 0.25) is 0 Å². The van der Waals surface area contributed by atoms with E-state index in [0.29, 0.717) is 23.0 Å². The first-order chi connectivity index (χ1) is 16.6. The summed E-state index contributed by atoms with van der Waals surface area (Å²) in [5.74, 6) is 1.47. The lowest BCUT2D eigenvalue weighted by atomic mass is 10.0. The van der Waals surface area contributed by atoms with Gasteiger partial charge in [-0.3, -0.25) is 9.59 Å². The molecule has 10 heteroatoms. The fourth-order valence-electron chi connectivity index (χ4n) is 4.52. The highest BCUT2D eigenvalue weighted by atomic mass is 16.2. The van der Waals surface area contributed by atoms with Crippen LogP contribution in [0, 0.1) is 0 Å². The molecule has 1 saturated heterocycles. The molecule has 0 aromatic carbocycles. The first-order valence-corrected chi connectivity index (χ1v) is 11.2. The Morgan fingerprint density at radius 3 is 2.82 bits per heavy atom. The van der Waals surface area contributed by atoms with Crippen LogP contribution in [0.3, 0.4) is 0 Å². The Kier molecular flexibility index (Phi) is 5.70. The van der Waals surface area contributed by atoms with Crippen LogP contribution in [0.25, 0.3) is 16.7 Å². The van der Waals surface area contributed by atoms with Crippen molar-refractivity contribution in [2.75, 3.05) is 25.0 Å². The minimum atomic E-state index is -0.160. The van der Waals surface area contributed by atoms with E-state index in [0.717, 1.165) is 37.6 Å². The van der Waals surface area contributed by atoms with Crippen LogP contribution in [0.2, 0.25) is 0 Å². The van der Waals surface area contributed by atoms with E-state index >= 15 is 0 Å². The van der Waals surface area contributed by atoms with Crippen molar-refractivity contribution in [2.24, 2.45) is 0 Å². The Labute approximate surface area is 196 Å². The number of carbonyl (C=O) groups is 1. The monoisotopic (exact) mass is 458 g/mol. The van der Waals surface area contributed by atoms with Gasteiger partial charge in [0.15, 0.2) is 5.82 Å². The minimum absolute atomic E-state index is 0.0879. The third-order valence-corrected chi connectivity index (χ3v) is 6.39. The van der Waals surface area contributed by atoms with E-state index < -0.39 is 0 Å². The number of piperidine rings is 1. The summed E-state index contributed by atoms with van der Waals surface area (Å²) in [5.41, 5.74) is 0.793. The van der Waals surface area contributed by atoms with Gasteiger partial charge in [0.1, 0.15) is 17.7 Å². The van der Waals surface area contributed by atoms with Crippen LogP contribution in [0.4, 0.5) is 5.82 Å². The van der Waals surface area contributed by atoms with Gasteiger partial charge in [0.05, 0.1) is 5.56 Å². The molecule has 0 bridgehead atoms. The number of fused-ring (bicyclic) bond motifs is 1. The van der Waals surface area contributed by atoms with E-state index in [1.807, 2.05) is 25.4 Å². The molecule has 0 atom stereocenters. The van der Waals surface area contributed by atoms with Crippen molar-refractivity contribution in [1.82, 2.24) is 34.2 Å². The number of allylic oxidation sites excluding steroid dienone is 1. The van der Waals surface area contributed by atoms with Gasteiger partial charge in [-0.25, -0.2) is 14.6 Å². The summed E-state index contributed by atoms with van der Waals surface area (Å²) in [6.45, 7) is 5.60. The largest absolute Gasteiger partial charge is 0.357 e. The summed E-state index contributed by atoms with van der Waals surface area (Å²) >= 11 is 0. The molecule has 5 heterocycles. The van der Waals surface area contributed by atoms with Crippen LogP contribution in [-0.2, 0) is 6.54 Å². The van der Waals surface area contributed by atoms with Crippen molar-refractivity contribution in [3.05, 3.63) is 77.9 Å². The number of hydrogen-bond donors (Lipinski definition) is 1. The molecule has 34 heavy (non-hydrogen) atoms. The number of aromatic nitrogens is 6. The topological polar surface area (TPSA) is 105 Å². The summed E-state index contributed by atoms with van der Waals surface area (Å²) < 4.78 is 3.22. The highest BCUT2D eigenvalue weighted by Crippen LogP contribution is 2.24. The first-order valence-electron chi connectivity index (χ1n) is 11.2. The molecular weight excluding hydrogens is 432 g/mol. The standard InChI is InChI=1S/C24H26N8O2/c1-3-10-31-15-19(18-5-9-25-22(18)24(31)34)23(33)29(2)17-6-12-30(13-7-17)20-14-21(27-16-26-20)32-11-4-8-28-32/h3-5,8-9,11,14-17,25H,1,6-7,10,12-13H2,2H3. The molecule has 0 saturated carbocycles. The molecular formula is C24H26N8O2. The van der Waals surface area contributed by atoms with Crippen molar-refractivity contribution >= 4 is 22.6 Å². The lowest BCUT2D eigenvalue weighted by Gasteiger charge is -2.37. The highest BCUT2D eigenvalue weighted by Gasteiger charge is 2.28. The van der Waals surface area contributed by atoms with Gasteiger partial charge in [-0.1, -0.05) is 6.08 Å². The van der Waals surface area contributed by atoms with Crippen LogP contribution in [0.5, 0.6) is 0 Å². The van der Waals surface area contributed by atoms with Crippen molar-refractivity contribution in [2.45, 2.75) is 25.4 Å². The molecule has 0 radical (unpaired) electrons. The highest BCUT2D eigenvalue weighted by molar-refractivity contribution is 6.06. The van der Waals surface area contributed by atoms with Crippen LogP contribution in [0.15, 0.2) is 66.8 Å². The molecule has 1 aliphatic rings. The quantitative estimate of drug-likeness (QED) is 0.444. The number of aromatic amines is 1. The second kappa shape index (κ2) is 8.97. The van der Waals surface area contributed by atoms with E-state index in [9.17, 15) is 9.59 Å². The maximum atomic E-state index is 13.5. The number of carbonyl (C=O) groups excluding carboxylic acids is 1. The second-order valence-corrected chi connectivity index (χ2v) is 8.37. The van der Waals surface area contributed by atoms with E-state index in [2.05, 4.69) is 31.5 Å². The summed E-state index contributed by atoms with van der Waals surface area (Å²) in [4.78, 5) is 41.8. The summed E-state index contributed by atoms with van der Waals surface area (Å²) in [6, 6.07) is 5.65. The zero-order chi connectivity index (χ0) is 23.7. The molecule has 1 aliphatic heterocycles. The second-order valence-electron chi connectivity index (χ2n) is 8.37. The van der Waals surface area contributed by atoms with Gasteiger partial charge in [0.25, 0.3) is 11.5 Å². The fourth-order valence-corrected chi connectivity index (χ4v) is 4.52. The molecule has 10 nitrogen and oxygen atoms in total. The number of nitrogens with zero attached hydrogens (tertiary/aromatic N) is 7. The molecule has 1 N–H and O–H groups in total. The van der Waals surface area contributed by atoms with Crippen molar-refractivity contribution in [1.29, 1.82) is 0 Å². The first kappa shape index (κ1) is 21.6. The predicted molar refractivity (Wildman–Crippen MR) is 129 cm³/mol. The normalized spacial score (nSPS) is 14.4. The molecule has 0 unspecified atom stereocenters. The maximum absolute atomic E-state index is 13.5. The Bertz CT molecular complexity index is 1380. The zero-order valence-corrected chi connectivity index (χ0v) is 19.0. The van der Waals surface area contributed by atoms with E-state index in [1.54, 1.807) is 46.6 Å². The van der Waals surface area contributed by atoms with Crippen LogP contribution >= 0.6 is 0 Å². The zero-order valence-electron chi connectivity index (χ0n) is 19.0. The minimum Gasteiger partial charge on any atom is -0.357 e. The third kappa shape index (κ3) is 3.87. The predicted octanol–water partition coefficient (Wildman–Crippen LogP) is 2.23. The average Bonchev–Trinajstić information content (AvgIpc) is 3.58. The summed E-state index contributed by atoms with van der Waals surface area (Å²) in [6.07, 6.45) is 11.7. The van der Waals surface area contributed by atoms with Gasteiger partial charge >= 0.3 is 0 Å². The van der Waals surface area contributed by atoms with Gasteiger partial charge < -0.3 is 19.4 Å².